The number of carbonyl (C=O) groups is 1. The van der Waals surface area contributed by atoms with Gasteiger partial charge in [-0.05, 0) is 35.8 Å². The van der Waals surface area contributed by atoms with Crippen molar-refractivity contribution in [2.45, 2.75) is 19.3 Å². The molecular weight excluding hydrogens is 166 g/mol. The highest BCUT2D eigenvalue weighted by molar-refractivity contribution is 5.86. The van der Waals surface area contributed by atoms with E-state index in [4.69, 9.17) is 5.11 Å². The van der Waals surface area contributed by atoms with Gasteiger partial charge in [0.25, 0.3) is 0 Å². The van der Waals surface area contributed by atoms with Gasteiger partial charge in [0.2, 0.25) is 0 Å². The maximum Gasteiger partial charge on any atom is 0.352 e. The predicted octanol–water partition coefficient (Wildman–Crippen LogP) is 1.62. The average molecular weight is 177 g/mol. The molecule has 13 heavy (non-hydrogen) atoms. The Morgan fingerprint density at radius 3 is 3.15 bits per heavy atom. The Morgan fingerprint density at radius 1 is 1.69 bits per heavy atom. The molecule has 3 heteroatoms. The standard InChI is InChI=1S/C10H11NO2/c1-4-5-2-7-6(9(4)5)3-8(11-7)10(12)13/h3-5,9,11H,2H2,1H3,(H,12,13)/t4?,5-,9+/m1/s1. The molecule has 2 aliphatic carbocycles. The molecule has 3 rings (SSSR count). The smallest absolute Gasteiger partial charge is 0.352 e. The van der Waals surface area contributed by atoms with Crippen LogP contribution in [0.4, 0.5) is 0 Å². The Labute approximate surface area is 75.8 Å². The molecule has 1 aromatic heterocycles. The van der Waals surface area contributed by atoms with Crippen molar-refractivity contribution in [1.29, 1.82) is 0 Å². The maximum absolute atomic E-state index is 10.7. The molecule has 1 unspecified atom stereocenters. The zero-order chi connectivity index (χ0) is 9.16. The van der Waals surface area contributed by atoms with Gasteiger partial charge in [0.1, 0.15) is 5.69 Å². The van der Waals surface area contributed by atoms with Gasteiger partial charge in [0.05, 0.1) is 0 Å². The summed E-state index contributed by atoms with van der Waals surface area (Å²) in [5.74, 6) is 1.37. The van der Waals surface area contributed by atoms with Gasteiger partial charge in [-0.15, -0.1) is 0 Å². The molecule has 0 bridgehead atoms. The molecule has 3 atom stereocenters. The van der Waals surface area contributed by atoms with Gasteiger partial charge in [0, 0.05) is 5.69 Å². The number of H-pyrrole nitrogens is 1. The van der Waals surface area contributed by atoms with Crippen molar-refractivity contribution in [2.24, 2.45) is 11.8 Å². The number of fused-ring (bicyclic) bond motifs is 3. The van der Waals surface area contributed by atoms with Gasteiger partial charge < -0.3 is 10.1 Å². The summed E-state index contributed by atoms with van der Waals surface area (Å²) in [6, 6.07) is 1.81. The van der Waals surface area contributed by atoms with Crippen LogP contribution in [0.15, 0.2) is 6.07 Å². The summed E-state index contributed by atoms with van der Waals surface area (Å²) in [5.41, 5.74) is 2.77. The summed E-state index contributed by atoms with van der Waals surface area (Å²) >= 11 is 0. The molecule has 2 aliphatic rings. The van der Waals surface area contributed by atoms with E-state index >= 15 is 0 Å². The summed E-state index contributed by atoms with van der Waals surface area (Å²) in [4.78, 5) is 13.7. The van der Waals surface area contributed by atoms with Crippen molar-refractivity contribution < 1.29 is 9.90 Å². The number of rotatable bonds is 1. The van der Waals surface area contributed by atoms with E-state index in [0.29, 0.717) is 11.6 Å². The molecule has 0 aromatic carbocycles. The topological polar surface area (TPSA) is 53.1 Å². The van der Waals surface area contributed by atoms with Crippen LogP contribution in [0.1, 0.15) is 34.6 Å². The van der Waals surface area contributed by atoms with Crippen LogP contribution in [-0.4, -0.2) is 16.1 Å². The summed E-state index contributed by atoms with van der Waals surface area (Å²) in [6.45, 7) is 2.24. The van der Waals surface area contributed by atoms with Crippen LogP contribution in [0, 0.1) is 11.8 Å². The second-order valence-corrected chi connectivity index (χ2v) is 4.17. The first kappa shape index (κ1) is 7.18. The average Bonchev–Trinajstić information content (AvgIpc) is 2.49. The van der Waals surface area contributed by atoms with Crippen molar-refractivity contribution in [3.05, 3.63) is 23.0 Å². The summed E-state index contributed by atoms with van der Waals surface area (Å²) < 4.78 is 0. The normalized spacial score (nSPS) is 34.1. The molecule has 0 radical (unpaired) electrons. The van der Waals surface area contributed by atoms with Gasteiger partial charge in [-0.2, -0.15) is 0 Å². The number of hydrogen-bond acceptors (Lipinski definition) is 1. The van der Waals surface area contributed by atoms with E-state index in [1.54, 1.807) is 0 Å². The van der Waals surface area contributed by atoms with Crippen LogP contribution in [0.5, 0.6) is 0 Å². The van der Waals surface area contributed by atoms with E-state index in [-0.39, 0.29) is 0 Å². The summed E-state index contributed by atoms with van der Waals surface area (Å²) in [5, 5.41) is 8.78. The molecule has 2 N–H and O–H groups in total. The van der Waals surface area contributed by atoms with E-state index in [1.807, 2.05) is 6.07 Å². The van der Waals surface area contributed by atoms with E-state index in [1.165, 1.54) is 5.56 Å². The number of nitrogens with one attached hydrogen (secondary N) is 1. The highest BCUT2D eigenvalue weighted by Crippen LogP contribution is 2.61. The number of aromatic carboxylic acids is 1. The SMILES string of the molecule is CC1[C@H]2Cc3[nH]c(C(=O)O)cc3[C@@H]12. The van der Waals surface area contributed by atoms with Crippen LogP contribution in [0.25, 0.3) is 0 Å². The van der Waals surface area contributed by atoms with Crippen LogP contribution in [0.2, 0.25) is 0 Å². The van der Waals surface area contributed by atoms with E-state index < -0.39 is 5.97 Å². The third kappa shape index (κ3) is 0.767. The molecule has 0 amide bonds. The van der Waals surface area contributed by atoms with E-state index in [9.17, 15) is 4.79 Å². The lowest BCUT2D eigenvalue weighted by atomic mass is 10.1. The number of hydrogen-bond donors (Lipinski definition) is 2. The van der Waals surface area contributed by atoms with Crippen LogP contribution < -0.4 is 0 Å². The number of carboxylic acid groups (broad SMARTS) is 1. The number of carboxylic acids is 1. The molecule has 1 aromatic rings. The Bertz CT molecular complexity index is 394. The largest absolute Gasteiger partial charge is 0.477 e. The molecular formula is C10H11NO2. The van der Waals surface area contributed by atoms with Gasteiger partial charge >= 0.3 is 5.97 Å². The quantitative estimate of drug-likeness (QED) is 0.684. The van der Waals surface area contributed by atoms with Crippen molar-refractivity contribution >= 4 is 5.97 Å². The maximum atomic E-state index is 10.7. The molecule has 0 saturated heterocycles. The first-order valence-electron chi connectivity index (χ1n) is 4.63. The van der Waals surface area contributed by atoms with Crippen molar-refractivity contribution in [3.63, 3.8) is 0 Å². The van der Waals surface area contributed by atoms with E-state index in [0.717, 1.165) is 24.0 Å². The van der Waals surface area contributed by atoms with Crippen molar-refractivity contribution in [3.8, 4) is 0 Å². The lowest BCUT2D eigenvalue weighted by Gasteiger charge is -1.95. The second kappa shape index (κ2) is 1.97. The first-order valence-corrected chi connectivity index (χ1v) is 4.63. The Hall–Kier alpha value is -1.25. The Morgan fingerprint density at radius 2 is 2.46 bits per heavy atom. The van der Waals surface area contributed by atoms with Crippen LogP contribution in [-0.2, 0) is 6.42 Å². The lowest BCUT2D eigenvalue weighted by molar-refractivity contribution is 0.0691. The van der Waals surface area contributed by atoms with E-state index in [2.05, 4.69) is 11.9 Å². The minimum Gasteiger partial charge on any atom is -0.477 e. The second-order valence-electron chi connectivity index (χ2n) is 4.17. The molecule has 3 nitrogen and oxygen atoms in total. The molecule has 1 fully saturated rings. The Kier molecular flexibility index (Phi) is 1.09. The van der Waals surface area contributed by atoms with Gasteiger partial charge in [-0.3, -0.25) is 0 Å². The molecule has 1 heterocycles. The van der Waals surface area contributed by atoms with Crippen molar-refractivity contribution in [1.82, 2.24) is 4.98 Å². The lowest BCUT2D eigenvalue weighted by Crippen LogP contribution is -1.97. The summed E-state index contributed by atoms with van der Waals surface area (Å²) in [7, 11) is 0. The third-order valence-electron chi connectivity index (χ3n) is 3.53. The zero-order valence-electron chi connectivity index (χ0n) is 7.37. The monoisotopic (exact) mass is 177 g/mol. The fourth-order valence-corrected chi connectivity index (χ4v) is 2.70. The van der Waals surface area contributed by atoms with Gasteiger partial charge in [0.15, 0.2) is 0 Å². The number of aromatic nitrogens is 1. The Balaban J connectivity index is 2.03. The van der Waals surface area contributed by atoms with Gasteiger partial charge in [-0.25, -0.2) is 4.79 Å². The summed E-state index contributed by atoms with van der Waals surface area (Å²) in [6.07, 6.45) is 1.05. The fourth-order valence-electron chi connectivity index (χ4n) is 2.70. The minimum atomic E-state index is -0.848. The number of aromatic amines is 1. The first-order chi connectivity index (χ1) is 6.18. The highest BCUT2D eigenvalue weighted by Gasteiger charge is 2.53. The molecule has 0 aliphatic heterocycles. The minimum absolute atomic E-state index is 0.350. The van der Waals surface area contributed by atoms with Crippen LogP contribution >= 0.6 is 0 Å². The van der Waals surface area contributed by atoms with Crippen LogP contribution in [0.3, 0.4) is 0 Å². The highest BCUT2D eigenvalue weighted by atomic mass is 16.4. The zero-order valence-corrected chi connectivity index (χ0v) is 7.37. The van der Waals surface area contributed by atoms with Gasteiger partial charge in [-0.1, -0.05) is 6.92 Å². The fraction of sp³-hybridized carbons (Fsp3) is 0.500. The predicted molar refractivity (Wildman–Crippen MR) is 46.9 cm³/mol. The molecule has 0 spiro atoms. The third-order valence-corrected chi connectivity index (χ3v) is 3.53. The molecule has 68 valence electrons. The van der Waals surface area contributed by atoms with Crippen molar-refractivity contribution in [2.75, 3.05) is 0 Å². The molecule has 1 saturated carbocycles.